The highest BCUT2D eigenvalue weighted by molar-refractivity contribution is 7.92. The normalized spacial score (nSPS) is 15.4. The lowest BCUT2D eigenvalue weighted by Gasteiger charge is -2.14. The molecule has 0 unspecified atom stereocenters. The standard InChI is InChI=1S/C11H15NO4S/c1-15-11-9(12-17(2,13)14)4-3-5-10(11)16-8-6-7-8/h3-5,8,12H,6-7H2,1-2H3. The van der Waals surface area contributed by atoms with E-state index in [0.717, 1.165) is 19.1 Å². The number of methoxy groups -OCH3 is 1. The summed E-state index contributed by atoms with van der Waals surface area (Å²) in [6.07, 6.45) is 3.40. The predicted octanol–water partition coefficient (Wildman–Crippen LogP) is 1.61. The highest BCUT2D eigenvalue weighted by Gasteiger charge is 2.25. The van der Waals surface area contributed by atoms with Gasteiger partial charge in [-0.25, -0.2) is 8.42 Å². The SMILES string of the molecule is COc1c(NS(C)(=O)=O)cccc1OC1CC1. The molecule has 1 aliphatic carbocycles. The minimum absolute atomic E-state index is 0.234. The quantitative estimate of drug-likeness (QED) is 0.870. The molecule has 0 aliphatic heterocycles. The van der Waals surface area contributed by atoms with Crippen LogP contribution in [0, 0.1) is 0 Å². The Morgan fingerprint density at radius 2 is 2.06 bits per heavy atom. The Labute approximate surface area is 101 Å². The molecule has 94 valence electrons. The molecule has 1 aromatic rings. The van der Waals surface area contributed by atoms with Crippen molar-refractivity contribution in [3.63, 3.8) is 0 Å². The second kappa shape index (κ2) is 4.44. The number of anilines is 1. The molecule has 1 saturated carbocycles. The summed E-state index contributed by atoms with van der Waals surface area (Å²) in [5.74, 6) is 0.994. The third kappa shape index (κ3) is 3.26. The van der Waals surface area contributed by atoms with E-state index >= 15 is 0 Å². The minimum atomic E-state index is -3.32. The van der Waals surface area contributed by atoms with E-state index in [2.05, 4.69) is 4.72 Å². The molecule has 0 atom stereocenters. The summed E-state index contributed by atoms with van der Waals surface area (Å²) in [6.45, 7) is 0. The number of rotatable bonds is 5. The summed E-state index contributed by atoms with van der Waals surface area (Å²) < 4.78 is 35.7. The van der Waals surface area contributed by atoms with Crippen molar-refractivity contribution < 1.29 is 17.9 Å². The van der Waals surface area contributed by atoms with Crippen LogP contribution in [0.2, 0.25) is 0 Å². The first-order valence-electron chi connectivity index (χ1n) is 5.31. The molecule has 1 N–H and O–H groups in total. The third-order valence-corrected chi connectivity index (χ3v) is 2.89. The van der Waals surface area contributed by atoms with Crippen LogP contribution in [0.3, 0.4) is 0 Å². The van der Waals surface area contributed by atoms with Crippen molar-refractivity contribution in [1.29, 1.82) is 0 Å². The second-order valence-electron chi connectivity index (χ2n) is 4.03. The molecule has 2 rings (SSSR count). The van der Waals surface area contributed by atoms with Crippen molar-refractivity contribution in [2.45, 2.75) is 18.9 Å². The molecule has 0 spiro atoms. The van der Waals surface area contributed by atoms with E-state index in [1.165, 1.54) is 7.11 Å². The average Bonchev–Trinajstić information content (AvgIpc) is 2.99. The van der Waals surface area contributed by atoms with Gasteiger partial charge in [-0.05, 0) is 25.0 Å². The van der Waals surface area contributed by atoms with Gasteiger partial charge in [0.05, 0.1) is 25.2 Å². The van der Waals surface area contributed by atoms with Crippen molar-refractivity contribution in [2.24, 2.45) is 0 Å². The molecule has 17 heavy (non-hydrogen) atoms. The number of hydrogen-bond acceptors (Lipinski definition) is 4. The predicted molar refractivity (Wildman–Crippen MR) is 65.1 cm³/mol. The van der Waals surface area contributed by atoms with Crippen LogP contribution in [-0.4, -0.2) is 27.9 Å². The monoisotopic (exact) mass is 257 g/mol. The van der Waals surface area contributed by atoms with Gasteiger partial charge >= 0.3 is 0 Å². The van der Waals surface area contributed by atoms with Gasteiger partial charge in [0.2, 0.25) is 10.0 Å². The number of nitrogens with one attached hydrogen (secondary N) is 1. The van der Waals surface area contributed by atoms with E-state index in [-0.39, 0.29) is 6.10 Å². The third-order valence-electron chi connectivity index (χ3n) is 2.30. The number of hydrogen-bond donors (Lipinski definition) is 1. The van der Waals surface area contributed by atoms with Crippen LogP contribution in [-0.2, 0) is 10.0 Å². The van der Waals surface area contributed by atoms with Gasteiger partial charge < -0.3 is 9.47 Å². The molecule has 5 nitrogen and oxygen atoms in total. The maximum Gasteiger partial charge on any atom is 0.229 e. The Hall–Kier alpha value is -1.43. The van der Waals surface area contributed by atoms with Gasteiger partial charge in [-0.15, -0.1) is 0 Å². The second-order valence-corrected chi connectivity index (χ2v) is 5.78. The van der Waals surface area contributed by atoms with E-state index in [0.29, 0.717) is 17.2 Å². The van der Waals surface area contributed by atoms with Crippen molar-refractivity contribution in [3.8, 4) is 11.5 Å². The molecule has 0 radical (unpaired) electrons. The number of ether oxygens (including phenoxy) is 2. The summed E-state index contributed by atoms with van der Waals surface area (Å²) in [5, 5.41) is 0. The van der Waals surface area contributed by atoms with Crippen LogP contribution in [0.5, 0.6) is 11.5 Å². The Morgan fingerprint density at radius 1 is 1.35 bits per heavy atom. The van der Waals surface area contributed by atoms with Crippen LogP contribution in [0.25, 0.3) is 0 Å². The van der Waals surface area contributed by atoms with Crippen molar-refractivity contribution >= 4 is 15.7 Å². The van der Waals surface area contributed by atoms with Crippen LogP contribution >= 0.6 is 0 Å². The zero-order valence-electron chi connectivity index (χ0n) is 9.76. The number of sulfonamides is 1. The minimum Gasteiger partial charge on any atom is -0.491 e. The highest BCUT2D eigenvalue weighted by atomic mass is 32.2. The topological polar surface area (TPSA) is 64.6 Å². The summed E-state index contributed by atoms with van der Waals surface area (Å²) in [4.78, 5) is 0. The van der Waals surface area contributed by atoms with E-state index in [1.54, 1.807) is 18.2 Å². The fraction of sp³-hybridized carbons (Fsp3) is 0.455. The van der Waals surface area contributed by atoms with Crippen LogP contribution < -0.4 is 14.2 Å². The van der Waals surface area contributed by atoms with Gasteiger partial charge in [0.15, 0.2) is 11.5 Å². The first-order chi connectivity index (χ1) is 7.99. The van der Waals surface area contributed by atoms with Gasteiger partial charge in [-0.1, -0.05) is 6.07 Å². The Bertz CT molecular complexity index is 508. The summed E-state index contributed by atoms with van der Waals surface area (Å²) >= 11 is 0. The summed E-state index contributed by atoms with van der Waals surface area (Å²) in [5.41, 5.74) is 0.396. The van der Waals surface area contributed by atoms with Crippen LogP contribution in [0.15, 0.2) is 18.2 Å². The maximum absolute atomic E-state index is 11.2. The molecule has 0 heterocycles. The lowest BCUT2D eigenvalue weighted by molar-refractivity contribution is 0.283. The molecule has 0 bridgehead atoms. The fourth-order valence-corrected chi connectivity index (χ4v) is 2.02. The van der Waals surface area contributed by atoms with Crippen molar-refractivity contribution in [2.75, 3.05) is 18.1 Å². The Morgan fingerprint density at radius 3 is 2.59 bits per heavy atom. The van der Waals surface area contributed by atoms with Gasteiger partial charge in [0.1, 0.15) is 0 Å². The van der Waals surface area contributed by atoms with Gasteiger partial charge in [0.25, 0.3) is 0 Å². The molecular formula is C11H15NO4S. The van der Waals surface area contributed by atoms with Crippen LogP contribution in [0.1, 0.15) is 12.8 Å². The Kier molecular flexibility index (Phi) is 3.15. The fourth-order valence-electron chi connectivity index (χ4n) is 1.46. The van der Waals surface area contributed by atoms with Crippen molar-refractivity contribution in [3.05, 3.63) is 18.2 Å². The lowest BCUT2D eigenvalue weighted by Crippen LogP contribution is -2.11. The highest BCUT2D eigenvalue weighted by Crippen LogP contribution is 2.38. The average molecular weight is 257 g/mol. The van der Waals surface area contributed by atoms with E-state index in [4.69, 9.17) is 9.47 Å². The summed E-state index contributed by atoms with van der Waals surface area (Å²) in [6, 6.07) is 5.14. The zero-order valence-corrected chi connectivity index (χ0v) is 10.6. The smallest absolute Gasteiger partial charge is 0.229 e. The van der Waals surface area contributed by atoms with E-state index < -0.39 is 10.0 Å². The largest absolute Gasteiger partial charge is 0.491 e. The van der Waals surface area contributed by atoms with Crippen molar-refractivity contribution in [1.82, 2.24) is 0 Å². The lowest BCUT2D eigenvalue weighted by atomic mass is 10.3. The molecule has 0 amide bonds. The molecule has 0 saturated heterocycles. The van der Waals surface area contributed by atoms with Crippen LogP contribution in [0.4, 0.5) is 5.69 Å². The molecule has 1 fully saturated rings. The number of benzene rings is 1. The molecular weight excluding hydrogens is 242 g/mol. The van der Waals surface area contributed by atoms with E-state index in [1.807, 2.05) is 0 Å². The van der Waals surface area contributed by atoms with Gasteiger partial charge in [0, 0.05) is 0 Å². The van der Waals surface area contributed by atoms with Gasteiger partial charge in [-0.3, -0.25) is 4.72 Å². The van der Waals surface area contributed by atoms with Gasteiger partial charge in [-0.2, -0.15) is 0 Å². The van der Waals surface area contributed by atoms with E-state index in [9.17, 15) is 8.42 Å². The molecule has 0 aromatic heterocycles. The maximum atomic E-state index is 11.2. The molecule has 1 aromatic carbocycles. The summed E-state index contributed by atoms with van der Waals surface area (Å²) in [7, 11) is -1.84. The Balaban J connectivity index is 2.30. The molecule has 6 heteroatoms. The first-order valence-corrected chi connectivity index (χ1v) is 7.20. The number of para-hydroxylation sites is 1. The first kappa shape index (κ1) is 12.0. The molecule has 1 aliphatic rings. The zero-order chi connectivity index (χ0) is 12.5.